The van der Waals surface area contributed by atoms with Crippen molar-refractivity contribution in [2.75, 3.05) is 53.6 Å². The van der Waals surface area contributed by atoms with Crippen molar-refractivity contribution in [2.45, 2.75) is 19.3 Å². The van der Waals surface area contributed by atoms with Crippen molar-refractivity contribution in [1.82, 2.24) is 10.2 Å². The van der Waals surface area contributed by atoms with Crippen molar-refractivity contribution in [1.29, 1.82) is 0 Å². The zero-order valence-electron chi connectivity index (χ0n) is 16.8. The lowest BCUT2D eigenvalue weighted by atomic mass is 9.81. The van der Waals surface area contributed by atoms with E-state index in [1.54, 1.807) is 7.11 Å². The van der Waals surface area contributed by atoms with E-state index in [1.807, 2.05) is 19.2 Å². The molecule has 6 nitrogen and oxygen atoms in total. The minimum Gasteiger partial charge on any atom is -0.497 e. The van der Waals surface area contributed by atoms with Gasteiger partial charge in [-0.05, 0) is 42.5 Å². The number of rotatable bonds is 5. The van der Waals surface area contributed by atoms with Crippen molar-refractivity contribution in [3.8, 4) is 5.75 Å². The minimum absolute atomic E-state index is 0. The van der Waals surface area contributed by atoms with Gasteiger partial charge in [0.15, 0.2) is 5.96 Å². The van der Waals surface area contributed by atoms with Gasteiger partial charge in [0.2, 0.25) is 0 Å². The lowest BCUT2D eigenvalue weighted by Crippen LogP contribution is -2.49. The molecule has 2 aliphatic heterocycles. The Morgan fingerprint density at radius 1 is 1.36 bits per heavy atom. The number of halogens is 1. The quantitative estimate of drug-likeness (QED) is 0.369. The predicted octanol–water partition coefficient (Wildman–Crippen LogP) is 2.77. The summed E-state index contributed by atoms with van der Waals surface area (Å²) in [6, 6.07) is 8.22. The van der Waals surface area contributed by atoms with Gasteiger partial charge in [-0.1, -0.05) is 18.2 Å². The Morgan fingerprint density at radius 3 is 2.75 bits per heavy atom. The average Bonchev–Trinajstić information content (AvgIpc) is 2.75. The van der Waals surface area contributed by atoms with Gasteiger partial charge in [-0.25, -0.2) is 0 Å². The van der Waals surface area contributed by atoms with Gasteiger partial charge in [0.05, 0.1) is 13.7 Å². The molecule has 28 heavy (non-hydrogen) atoms. The molecule has 1 fully saturated rings. The van der Waals surface area contributed by atoms with E-state index in [1.165, 1.54) is 11.1 Å². The highest BCUT2D eigenvalue weighted by molar-refractivity contribution is 14.0. The van der Waals surface area contributed by atoms with Crippen LogP contribution in [-0.4, -0.2) is 69.6 Å². The molecule has 0 unspecified atom stereocenters. The first-order chi connectivity index (χ1) is 13.2. The summed E-state index contributed by atoms with van der Waals surface area (Å²) in [4.78, 5) is 6.71. The molecule has 2 heterocycles. The Balaban J connectivity index is 0.00000280. The number of nitrogens with one attached hydrogen (secondary N) is 1. The summed E-state index contributed by atoms with van der Waals surface area (Å²) in [5.41, 5.74) is 2.46. The van der Waals surface area contributed by atoms with Crippen LogP contribution < -0.4 is 10.1 Å². The number of aliphatic hydroxyl groups excluding tert-OH is 1. The zero-order valence-corrected chi connectivity index (χ0v) is 19.1. The number of ether oxygens (including phenoxy) is 2. The Labute approximate surface area is 185 Å². The highest BCUT2D eigenvalue weighted by Gasteiger charge is 2.32. The first kappa shape index (κ1) is 23.0. The van der Waals surface area contributed by atoms with Gasteiger partial charge in [-0.2, -0.15) is 0 Å². The zero-order chi connectivity index (χ0) is 19.1. The molecule has 0 spiro atoms. The van der Waals surface area contributed by atoms with Crippen LogP contribution in [0.3, 0.4) is 0 Å². The van der Waals surface area contributed by atoms with Gasteiger partial charge in [0.1, 0.15) is 5.75 Å². The Morgan fingerprint density at radius 2 is 2.14 bits per heavy atom. The third-order valence-corrected chi connectivity index (χ3v) is 5.67. The van der Waals surface area contributed by atoms with Crippen LogP contribution >= 0.6 is 24.0 Å². The first-order valence-electron chi connectivity index (χ1n) is 9.67. The fourth-order valence-corrected chi connectivity index (χ4v) is 3.74. The fourth-order valence-electron chi connectivity index (χ4n) is 3.74. The molecule has 1 aromatic carbocycles. The molecule has 0 aliphatic carbocycles. The summed E-state index contributed by atoms with van der Waals surface area (Å²) in [5, 5.41) is 13.4. The monoisotopic (exact) mass is 501 g/mol. The average molecular weight is 501 g/mol. The second-order valence-electron chi connectivity index (χ2n) is 7.33. The molecule has 156 valence electrons. The molecule has 1 saturated heterocycles. The van der Waals surface area contributed by atoms with Gasteiger partial charge in [-0.15, -0.1) is 24.0 Å². The molecule has 0 bridgehead atoms. The maximum atomic E-state index is 9.87. The SMILES string of the molecule is CN=C(NCC1(CO)CCOCC1)N1CC=C(c2cccc(OC)c2)CC1.I. The number of hydrogen-bond acceptors (Lipinski definition) is 4. The topological polar surface area (TPSA) is 66.3 Å². The van der Waals surface area contributed by atoms with E-state index in [0.717, 1.165) is 63.8 Å². The summed E-state index contributed by atoms with van der Waals surface area (Å²) in [7, 11) is 3.52. The second-order valence-corrected chi connectivity index (χ2v) is 7.33. The lowest BCUT2D eigenvalue weighted by molar-refractivity contribution is -0.0134. The number of aliphatic hydroxyl groups is 1. The van der Waals surface area contributed by atoms with E-state index in [2.05, 4.69) is 33.4 Å². The van der Waals surface area contributed by atoms with Crippen LogP contribution in [0.5, 0.6) is 5.75 Å². The Kier molecular flexibility index (Phi) is 9.04. The van der Waals surface area contributed by atoms with Crippen molar-refractivity contribution >= 4 is 35.5 Å². The van der Waals surface area contributed by atoms with E-state index in [4.69, 9.17) is 9.47 Å². The molecule has 0 radical (unpaired) electrons. The number of aliphatic imine (C=N–C) groups is 1. The summed E-state index contributed by atoms with van der Waals surface area (Å²) < 4.78 is 10.8. The molecule has 0 amide bonds. The van der Waals surface area contributed by atoms with E-state index >= 15 is 0 Å². The molecule has 2 N–H and O–H groups in total. The van der Waals surface area contributed by atoms with Crippen molar-refractivity contribution in [2.24, 2.45) is 10.4 Å². The van der Waals surface area contributed by atoms with Crippen LogP contribution in [-0.2, 0) is 4.74 Å². The molecule has 3 rings (SSSR count). The Hall–Kier alpha value is -1.32. The van der Waals surface area contributed by atoms with E-state index in [0.29, 0.717) is 0 Å². The maximum Gasteiger partial charge on any atom is 0.193 e. The molecular formula is C21H32IN3O3. The molecule has 7 heteroatoms. The fraction of sp³-hybridized carbons (Fsp3) is 0.571. The highest BCUT2D eigenvalue weighted by atomic mass is 127. The third kappa shape index (κ3) is 5.61. The largest absolute Gasteiger partial charge is 0.497 e. The molecule has 0 atom stereocenters. The number of nitrogens with zero attached hydrogens (tertiary/aromatic N) is 2. The molecule has 0 saturated carbocycles. The summed E-state index contributed by atoms with van der Waals surface area (Å²) in [6.45, 7) is 4.08. The number of guanidine groups is 1. The number of benzene rings is 1. The van der Waals surface area contributed by atoms with Gasteiger partial charge in [0.25, 0.3) is 0 Å². The van der Waals surface area contributed by atoms with E-state index in [-0.39, 0.29) is 36.0 Å². The third-order valence-electron chi connectivity index (χ3n) is 5.67. The van der Waals surface area contributed by atoms with Gasteiger partial charge >= 0.3 is 0 Å². The highest BCUT2D eigenvalue weighted by Crippen LogP contribution is 2.29. The molecule has 1 aromatic rings. The van der Waals surface area contributed by atoms with Gasteiger partial charge in [-0.3, -0.25) is 4.99 Å². The summed E-state index contributed by atoms with van der Waals surface area (Å²) >= 11 is 0. The molecule has 2 aliphatic rings. The molecule has 0 aromatic heterocycles. The lowest BCUT2D eigenvalue weighted by Gasteiger charge is -2.37. The van der Waals surface area contributed by atoms with E-state index in [9.17, 15) is 5.11 Å². The minimum atomic E-state index is -0.106. The van der Waals surface area contributed by atoms with Crippen molar-refractivity contribution in [3.63, 3.8) is 0 Å². The molecular weight excluding hydrogens is 469 g/mol. The van der Waals surface area contributed by atoms with Gasteiger partial charge < -0.3 is 24.8 Å². The van der Waals surface area contributed by atoms with Crippen LogP contribution in [0, 0.1) is 5.41 Å². The number of hydrogen-bond donors (Lipinski definition) is 2. The number of methoxy groups -OCH3 is 1. The van der Waals surface area contributed by atoms with Gasteiger partial charge in [0, 0.05) is 45.3 Å². The van der Waals surface area contributed by atoms with Crippen molar-refractivity contribution in [3.05, 3.63) is 35.9 Å². The van der Waals surface area contributed by atoms with E-state index < -0.39 is 0 Å². The normalized spacial score (nSPS) is 19.5. The van der Waals surface area contributed by atoms with Crippen LogP contribution in [0.15, 0.2) is 35.3 Å². The smallest absolute Gasteiger partial charge is 0.193 e. The first-order valence-corrected chi connectivity index (χ1v) is 9.67. The maximum absolute atomic E-state index is 9.87. The standard InChI is InChI=1S/C21H31N3O3.HI/c1-22-20(23-15-21(16-25)8-12-27-13-9-21)24-10-6-17(7-11-24)18-4-3-5-19(14-18)26-2;/h3-6,14,25H,7-13,15-16H2,1-2H3,(H,22,23);1H. The summed E-state index contributed by atoms with van der Waals surface area (Å²) in [5.74, 6) is 1.79. The van der Waals surface area contributed by atoms with Crippen molar-refractivity contribution < 1.29 is 14.6 Å². The predicted molar refractivity (Wildman–Crippen MR) is 124 cm³/mol. The second kappa shape index (κ2) is 11.0. The van der Waals surface area contributed by atoms with Crippen LogP contribution in [0.25, 0.3) is 5.57 Å². The van der Waals surface area contributed by atoms with Crippen LogP contribution in [0.1, 0.15) is 24.8 Å². The van der Waals surface area contributed by atoms with Crippen LogP contribution in [0.2, 0.25) is 0 Å². The Bertz CT molecular complexity index is 687. The summed E-state index contributed by atoms with van der Waals surface area (Å²) in [6.07, 6.45) is 5.00. The van der Waals surface area contributed by atoms with Crippen LogP contribution in [0.4, 0.5) is 0 Å².